The van der Waals surface area contributed by atoms with Gasteiger partial charge in [0.15, 0.2) is 11.2 Å². The number of H-pyrrole nitrogens is 1. The predicted octanol–water partition coefficient (Wildman–Crippen LogP) is 2.39. The van der Waals surface area contributed by atoms with Crippen LogP contribution in [-0.4, -0.2) is 19.1 Å². The summed E-state index contributed by atoms with van der Waals surface area (Å²) in [4.78, 5) is 31.5. The highest BCUT2D eigenvalue weighted by Gasteiger charge is 2.18. The molecule has 2 N–H and O–H groups in total. The third kappa shape index (κ3) is 3.22. The van der Waals surface area contributed by atoms with Crippen molar-refractivity contribution in [3.05, 3.63) is 92.1 Å². The summed E-state index contributed by atoms with van der Waals surface area (Å²) >= 11 is 0. The molecule has 2 aromatic carbocycles. The SMILES string of the molecule is Cc1ccccc1Cn1c(NCc2ccccc2)nc2c1c(=O)[nH]c(=O)n2C. The van der Waals surface area contributed by atoms with E-state index in [-0.39, 0.29) is 0 Å². The van der Waals surface area contributed by atoms with Gasteiger partial charge in [0.1, 0.15) is 0 Å². The van der Waals surface area contributed by atoms with Crippen molar-refractivity contribution in [3.8, 4) is 0 Å². The molecule has 0 atom stereocenters. The topological polar surface area (TPSA) is 84.7 Å². The van der Waals surface area contributed by atoms with Gasteiger partial charge in [-0.3, -0.25) is 18.9 Å². The number of aromatic nitrogens is 4. The van der Waals surface area contributed by atoms with Gasteiger partial charge in [0.25, 0.3) is 5.56 Å². The Morgan fingerprint density at radius 2 is 1.75 bits per heavy atom. The summed E-state index contributed by atoms with van der Waals surface area (Å²) in [6.45, 7) is 3.07. The minimum atomic E-state index is -0.479. The minimum absolute atomic E-state index is 0.359. The number of hydrogen-bond acceptors (Lipinski definition) is 4. The number of anilines is 1. The Hall–Kier alpha value is -3.61. The van der Waals surface area contributed by atoms with Crippen LogP contribution in [0.2, 0.25) is 0 Å². The average Bonchev–Trinajstić information content (AvgIpc) is 3.06. The second kappa shape index (κ2) is 7.19. The van der Waals surface area contributed by atoms with Crippen molar-refractivity contribution >= 4 is 17.1 Å². The van der Waals surface area contributed by atoms with Crippen LogP contribution in [0.5, 0.6) is 0 Å². The molecular formula is C21H21N5O2. The zero-order valence-electron chi connectivity index (χ0n) is 15.8. The van der Waals surface area contributed by atoms with Crippen LogP contribution in [0.15, 0.2) is 64.2 Å². The predicted molar refractivity (Wildman–Crippen MR) is 110 cm³/mol. The van der Waals surface area contributed by atoms with E-state index in [4.69, 9.17) is 0 Å². The number of hydrogen-bond donors (Lipinski definition) is 2. The van der Waals surface area contributed by atoms with Crippen LogP contribution in [0, 0.1) is 6.92 Å². The first-order valence-electron chi connectivity index (χ1n) is 9.06. The summed E-state index contributed by atoms with van der Waals surface area (Å²) in [6.07, 6.45) is 0. The number of imidazole rings is 1. The molecule has 7 nitrogen and oxygen atoms in total. The van der Waals surface area contributed by atoms with Gasteiger partial charge in [-0.15, -0.1) is 0 Å². The number of nitrogens with zero attached hydrogens (tertiary/aromatic N) is 3. The molecule has 0 saturated carbocycles. The van der Waals surface area contributed by atoms with Crippen molar-refractivity contribution < 1.29 is 0 Å². The third-order valence-electron chi connectivity index (χ3n) is 4.89. The second-order valence-electron chi connectivity index (χ2n) is 6.78. The number of fused-ring (bicyclic) bond motifs is 1. The van der Waals surface area contributed by atoms with Crippen LogP contribution < -0.4 is 16.6 Å². The summed E-state index contributed by atoms with van der Waals surface area (Å²) in [5, 5.41) is 3.32. The molecule has 0 saturated heterocycles. The maximum Gasteiger partial charge on any atom is 0.329 e. The monoisotopic (exact) mass is 375 g/mol. The third-order valence-corrected chi connectivity index (χ3v) is 4.89. The molecule has 4 aromatic rings. The van der Waals surface area contributed by atoms with E-state index in [1.807, 2.05) is 66.1 Å². The van der Waals surface area contributed by atoms with E-state index in [0.29, 0.717) is 30.2 Å². The maximum absolute atomic E-state index is 12.6. The van der Waals surface area contributed by atoms with Crippen LogP contribution >= 0.6 is 0 Å². The fourth-order valence-corrected chi connectivity index (χ4v) is 3.26. The van der Waals surface area contributed by atoms with Crippen molar-refractivity contribution in [2.75, 3.05) is 5.32 Å². The lowest BCUT2D eigenvalue weighted by Gasteiger charge is -2.12. The highest BCUT2D eigenvalue weighted by molar-refractivity contribution is 5.74. The van der Waals surface area contributed by atoms with Crippen molar-refractivity contribution in [3.63, 3.8) is 0 Å². The first kappa shape index (κ1) is 17.8. The van der Waals surface area contributed by atoms with Crippen molar-refractivity contribution in [1.82, 2.24) is 19.1 Å². The van der Waals surface area contributed by atoms with Gasteiger partial charge in [-0.2, -0.15) is 4.98 Å². The Kier molecular flexibility index (Phi) is 4.57. The lowest BCUT2D eigenvalue weighted by molar-refractivity contribution is 0.802. The molecule has 142 valence electrons. The average molecular weight is 375 g/mol. The van der Waals surface area contributed by atoms with E-state index in [1.165, 1.54) is 4.57 Å². The van der Waals surface area contributed by atoms with Gasteiger partial charge in [-0.05, 0) is 23.6 Å². The summed E-state index contributed by atoms with van der Waals surface area (Å²) < 4.78 is 3.19. The van der Waals surface area contributed by atoms with E-state index in [9.17, 15) is 9.59 Å². The Balaban J connectivity index is 1.84. The first-order valence-corrected chi connectivity index (χ1v) is 9.06. The van der Waals surface area contributed by atoms with Gasteiger partial charge in [0, 0.05) is 13.6 Å². The summed E-state index contributed by atoms with van der Waals surface area (Å²) in [6, 6.07) is 18.0. The van der Waals surface area contributed by atoms with Crippen LogP contribution in [0.4, 0.5) is 5.95 Å². The van der Waals surface area contributed by atoms with Gasteiger partial charge in [-0.25, -0.2) is 4.79 Å². The number of aromatic amines is 1. The quantitative estimate of drug-likeness (QED) is 0.561. The molecule has 4 rings (SSSR count). The largest absolute Gasteiger partial charge is 0.351 e. The molecule has 0 aliphatic rings. The zero-order chi connectivity index (χ0) is 19.7. The summed E-state index contributed by atoms with van der Waals surface area (Å²) in [7, 11) is 1.60. The molecule has 0 fully saturated rings. The number of aryl methyl sites for hydroxylation is 2. The lowest BCUT2D eigenvalue weighted by Crippen LogP contribution is -2.29. The fraction of sp³-hybridized carbons (Fsp3) is 0.190. The number of nitrogens with one attached hydrogen (secondary N) is 2. The van der Waals surface area contributed by atoms with E-state index in [2.05, 4.69) is 15.3 Å². The Morgan fingerprint density at radius 3 is 2.50 bits per heavy atom. The molecule has 0 amide bonds. The molecule has 0 aliphatic heterocycles. The molecule has 7 heteroatoms. The van der Waals surface area contributed by atoms with Gasteiger partial charge >= 0.3 is 5.69 Å². The number of rotatable bonds is 5. The van der Waals surface area contributed by atoms with Crippen LogP contribution in [0.25, 0.3) is 11.2 Å². The van der Waals surface area contributed by atoms with Crippen molar-refractivity contribution in [1.29, 1.82) is 0 Å². The van der Waals surface area contributed by atoms with Gasteiger partial charge in [0.05, 0.1) is 6.54 Å². The molecule has 0 bridgehead atoms. The molecule has 28 heavy (non-hydrogen) atoms. The van der Waals surface area contributed by atoms with Crippen LogP contribution in [0.3, 0.4) is 0 Å². The Morgan fingerprint density at radius 1 is 1.04 bits per heavy atom. The standard InChI is InChI=1S/C21H21N5O2/c1-14-8-6-7-11-16(14)13-26-17-18(25(2)21(28)24-19(17)27)23-20(26)22-12-15-9-4-3-5-10-15/h3-11H,12-13H2,1-2H3,(H,22,23)(H,24,27,28). The summed E-state index contributed by atoms with van der Waals surface area (Å²) in [5.41, 5.74) is 3.12. The zero-order valence-corrected chi connectivity index (χ0v) is 15.8. The van der Waals surface area contributed by atoms with Crippen LogP contribution in [0.1, 0.15) is 16.7 Å². The molecule has 0 unspecified atom stereocenters. The van der Waals surface area contributed by atoms with Gasteiger partial charge < -0.3 is 5.32 Å². The smallest absolute Gasteiger partial charge is 0.329 e. The van der Waals surface area contributed by atoms with Crippen molar-refractivity contribution in [2.24, 2.45) is 7.05 Å². The molecular weight excluding hydrogens is 354 g/mol. The Labute approximate surface area is 161 Å². The molecule has 0 aliphatic carbocycles. The highest BCUT2D eigenvalue weighted by atomic mass is 16.2. The van der Waals surface area contributed by atoms with Crippen molar-refractivity contribution in [2.45, 2.75) is 20.0 Å². The van der Waals surface area contributed by atoms with E-state index in [1.54, 1.807) is 7.05 Å². The maximum atomic E-state index is 12.6. The lowest BCUT2D eigenvalue weighted by atomic mass is 10.1. The minimum Gasteiger partial charge on any atom is -0.351 e. The molecule has 2 aromatic heterocycles. The van der Waals surface area contributed by atoms with Gasteiger partial charge in [0.2, 0.25) is 5.95 Å². The van der Waals surface area contributed by atoms with Crippen LogP contribution in [-0.2, 0) is 20.1 Å². The first-order chi connectivity index (χ1) is 13.5. The van der Waals surface area contributed by atoms with E-state index in [0.717, 1.165) is 16.7 Å². The summed E-state index contributed by atoms with van der Waals surface area (Å²) in [5.74, 6) is 0.550. The number of benzene rings is 2. The molecule has 2 heterocycles. The highest BCUT2D eigenvalue weighted by Crippen LogP contribution is 2.19. The molecule has 0 radical (unpaired) electrons. The Bertz CT molecular complexity index is 1250. The molecule has 0 spiro atoms. The van der Waals surface area contributed by atoms with E-state index >= 15 is 0 Å². The van der Waals surface area contributed by atoms with Gasteiger partial charge in [-0.1, -0.05) is 54.6 Å². The fourth-order valence-electron chi connectivity index (χ4n) is 3.26. The normalized spacial score (nSPS) is 11.1. The van der Waals surface area contributed by atoms with E-state index < -0.39 is 11.2 Å². The second-order valence-corrected chi connectivity index (χ2v) is 6.78.